The molecule has 0 radical (unpaired) electrons. The van der Waals surface area contributed by atoms with Gasteiger partial charge in [0.05, 0.1) is 13.1 Å². The van der Waals surface area contributed by atoms with Crippen molar-refractivity contribution in [3.05, 3.63) is 54.1 Å². The Hall–Kier alpha value is -1.57. The van der Waals surface area contributed by atoms with E-state index >= 15 is 0 Å². The summed E-state index contributed by atoms with van der Waals surface area (Å²) in [6.45, 7) is 6.79. The van der Waals surface area contributed by atoms with E-state index in [9.17, 15) is 0 Å². The standard InChI is InChI=1S/C32H55N2/c1-3-5-6-7-8-9-10-11-12-13-14-15-16-17-18-22-27-32-33(4-2)29-30-34(32)28-23-26-31-24-20-19-21-25-31/h19-21,24-25,29-30H,3-18,22-23,26-28H2,1-2H3/q+1. The molecule has 1 aromatic heterocycles. The van der Waals surface area contributed by atoms with Crippen LogP contribution in [0.15, 0.2) is 42.7 Å². The molecule has 0 bridgehead atoms. The van der Waals surface area contributed by atoms with E-state index in [0.717, 1.165) is 13.1 Å². The number of imidazole rings is 1. The third-order valence-corrected chi connectivity index (χ3v) is 7.39. The minimum absolute atomic E-state index is 1.08. The Bertz CT molecular complexity index is 703. The Balaban J connectivity index is 1.46. The average molecular weight is 468 g/mol. The number of hydrogen-bond donors (Lipinski definition) is 0. The first kappa shape index (κ1) is 28.7. The van der Waals surface area contributed by atoms with Crippen molar-refractivity contribution < 1.29 is 4.57 Å². The number of nitrogens with zero attached hydrogens (tertiary/aromatic N) is 2. The smallest absolute Gasteiger partial charge is 0.235 e. The molecule has 2 nitrogen and oxygen atoms in total. The van der Waals surface area contributed by atoms with Gasteiger partial charge in [0, 0.05) is 6.42 Å². The van der Waals surface area contributed by atoms with Crippen molar-refractivity contribution in [1.82, 2.24) is 4.57 Å². The van der Waals surface area contributed by atoms with E-state index < -0.39 is 0 Å². The fraction of sp³-hybridized carbons (Fsp3) is 0.719. The Morgan fingerprint density at radius 3 is 1.65 bits per heavy atom. The lowest BCUT2D eigenvalue weighted by atomic mass is 10.0. The predicted octanol–water partition coefficient (Wildman–Crippen LogP) is 9.23. The maximum Gasteiger partial charge on any atom is 0.256 e. The summed E-state index contributed by atoms with van der Waals surface area (Å²) in [6, 6.07) is 10.9. The summed E-state index contributed by atoms with van der Waals surface area (Å²) in [7, 11) is 0. The number of benzene rings is 1. The highest BCUT2D eigenvalue weighted by Crippen LogP contribution is 2.14. The van der Waals surface area contributed by atoms with Gasteiger partial charge in [-0.2, -0.15) is 0 Å². The second kappa shape index (κ2) is 19.7. The minimum Gasteiger partial charge on any atom is -0.235 e. The highest BCUT2D eigenvalue weighted by Gasteiger charge is 2.15. The van der Waals surface area contributed by atoms with Crippen LogP contribution < -0.4 is 4.57 Å². The summed E-state index contributed by atoms with van der Waals surface area (Å²) in [5, 5.41) is 0. The number of aryl methyl sites for hydroxylation is 3. The van der Waals surface area contributed by atoms with Crippen molar-refractivity contribution in [2.24, 2.45) is 0 Å². The molecule has 192 valence electrons. The van der Waals surface area contributed by atoms with Gasteiger partial charge in [-0.3, -0.25) is 0 Å². The highest BCUT2D eigenvalue weighted by molar-refractivity contribution is 5.14. The molecule has 2 heteroatoms. The van der Waals surface area contributed by atoms with Crippen LogP contribution in [0.5, 0.6) is 0 Å². The fourth-order valence-electron chi connectivity index (χ4n) is 5.21. The summed E-state index contributed by atoms with van der Waals surface area (Å²) >= 11 is 0. The van der Waals surface area contributed by atoms with Gasteiger partial charge >= 0.3 is 0 Å². The van der Waals surface area contributed by atoms with Crippen LogP contribution in [-0.4, -0.2) is 4.57 Å². The second-order valence-corrected chi connectivity index (χ2v) is 10.3. The van der Waals surface area contributed by atoms with Crippen molar-refractivity contribution in [3.63, 3.8) is 0 Å². The van der Waals surface area contributed by atoms with Crippen LogP contribution in [0, 0.1) is 0 Å². The zero-order valence-corrected chi connectivity index (χ0v) is 22.8. The van der Waals surface area contributed by atoms with E-state index in [0.29, 0.717) is 0 Å². The van der Waals surface area contributed by atoms with Crippen LogP contribution in [0.25, 0.3) is 0 Å². The van der Waals surface area contributed by atoms with Gasteiger partial charge in [0.25, 0.3) is 5.82 Å². The number of rotatable bonds is 22. The van der Waals surface area contributed by atoms with Crippen molar-refractivity contribution in [3.8, 4) is 0 Å². The largest absolute Gasteiger partial charge is 0.256 e. The van der Waals surface area contributed by atoms with Crippen LogP contribution in [-0.2, 0) is 25.9 Å². The predicted molar refractivity (Wildman–Crippen MR) is 148 cm³/mol. The first-order valence-electron chi connectivity index (χ1n) is 15.0. The summed E-state index contributed by atoms with van der Waals surface area (Å²) in [6.07, 6.45) is 31.2. The van der Waals surface area contributed by atoms with Gasteiger partial charge in [-0.25, -0.2) is 9.13 Å². The monoisotopic (exact) mass is 467 g/mol. The summed E-state index contributed by atoms with van der Waals surface area (Å²) in [5.41, 5.74) is 1.46. The molecule has 1 heterocycles. The van der Waals surface area contributed by atoms with E-state index in [2.05, 4.69) is 65.7 Å². The van der Waals surface area contributed by atoms with Gasteiger partial charge in [0.1, 0.15) is 12.4 Å². The molecule has 0 N–H and O–H groups in total. The van der Waals surface area contributed by atoms with Crippen LogP contribution in [0.2, 0.25) is 0 Å². The molecule has 0 spiro atoms. The topological polar surface area (TPSA) is 8.81 Å². The molecule has 0 aliphatic heterocycles. The SMILES string of the molecule is CCCCCCCCCCCCCCCCCCc1n(CC)cc[n+]1CCCc1ccccc1. The molecule has 0 amide bonds. The van der Waals surface area contributed by atoms with Crippen molar-refractivity contribution in [2.75, 3.05) is 0 Å². The second-order valence-electron chi connectivity index (χ2n) is 10.3. The van der Waals surface area contributed by atoms with E-state index in [1.807, 2.05) is 0 Å². The first-order chi connectivity index (χ1) is 16.8. The van der Waals surface area contributed by atoms with Crippen LogP contribution >= 0.6 is 0 Å². The summed E-state index contributed by atoms with van der Waals surface area (Å²) < 4.78 is 4.96. The van der Waals surface area contributed by atoms with E-state index in [-0.39, 0.29) is 0 Å². The first-order valence-corrected chi connectivity index (χ1v) is 15.0. The molecule has 0 atom stereocenters. The van der Waals surface area contributed by atoms with Crippen LogP contribution in [0.4, 0.5) is 0 Å². The summed E-state index contributed by atoms with van der Waals surface area (Å²) in [5.74, 6) is 1.53. The molecule has 0 fully saturated rings. The minimum atomic E-state index is 1.08. The molecule has 0 aliphatic carbocycles. The van der Waals surface area contributed by atoms with E-state index in [1.165, 1.54) is 133 Å². The van der Waals surface area contributed by atoms with E-state index in [1.54, 1.807) is 0 Å². The van der Waals surface area contributed by atoms with Gasteiger partial charge in [0.2, 0.25) is 0 Å². The normalized spacial score (nSPS) is 11.4. The Labute approximate surface area is 212 Å². The van der Waals surface area contributed by atoms with Gasteiger partial charge in [0.15, 0.2) is 0 Å². The van der Waals surface area contributed by atoms with Gasteiger partial charge < -0.3 is 0 Å². The maximum absolute atomic E-state index is 2.51. The van der Waals surface area contributed by atoms with Crippen molar-refractivity contribution >= 4 is 0 Å². The van der Waals surface area contributed by atoms with Gasteiger partial charge in [-0.15, -0.1) is 0 Å². The number of aromatic nitrogens is 2. The quantitative estimate of drug-likeness (QED) is 0.120. The lowest BCUT2D eigenvalue weighted by Gasteiger charge is -2.06. The average Bonchev–Trinajstić information content (AvgIpc) is 3.26. The molecular weight excluding hydrogens is 412 g/mol. The Kier molecular flexibility index (Phi) is 16.6. The fourth-order valence-corrected chi connectivity index (χ4v) is 5.21. The molecule has 0 aliphatic rings. The molecule has 0 saturated heterocycles. The van der Waals surface area contributed by atoms with Crippen molar-refractivity contribution in [2.45, 2.75) is 149 Å². The van der Waals surface area contributed by atoms with Crippen LogP contribution in [0.3, 0.4) is 0 Å². The van der Waals surface area contributed by atoms with E-state index in [4.69, 9.17) is 0 Å². The van der Waals surface area contributed by atoms with Crippen molar-refractivity contribution in [1.29, 1.82) is 0 Å². The molecule has 0 saturated carbocycles. The summed E-state index contributed by atoms with van der Waals surface area (Å²) in [4.78, 5) is 0. The molecule has 2 rings (SSSR count). The molecule has 1 aromatic carbocycles. The molecule has 34 heavy (non-hydrogen) atoms. The molecular formula is C32H55N2+. The zero-order chi connectivity index (χ0) is 24.1. The Morgan fingerprint density at radius 1 is 0.588 bits per heavy atom. The third kappa shape index (κ3) is 12.8. The Morgan fingerprint density at radius 2 is 1.12 bits per heavy atom. The molecule has 2 aromatic rings. The zero-order valence-electron chi connectivity index (χ0n) is 22.8. The van der Waals surface area contributed by atoms with Gasteiger partial charge in [-0.05, 0) is 31.7 Å². The van der Waals surface area contributed by atoms with Gasteiger partial charge in [-0.1, -0.05) is 134 Å². The highest BCUT2D eigenvalue weighted by atomic mass is 15.1. The van der Waals surface area contributed by atoms with Crippen LogP contribution in [0.1, 0.15) is 134 Å². The number of unbranched alkanes of at least 4 members (excludes halogenated alkanes) is 15. The number of hydrogen-bond acceptors (Lipinski definition) is 0. The third-order valence-electron chi connectivity index (χ3n) is 7.39. The molecule has 0 unspecified atom stereocenters. The maximum atomic E-state index is 2.51. The lowest BCUT2D eigenvalue weighted by molar-refractivity contribution is -0.704. The lowest BCUT2D eigenvalue weighted by Crippen LogP contribution is -2.37.